The van der Waals surface area contributed by atoms with Gasteiger partial charge in [-0.3, -0.25) is 4.79 Å². The minimum atomic E-state index is -0.598. The predicted octanol–water partition coefficient (Wildman–Crippen LogP) is 2.46. The molecule has 1 aliphatic carbocycles. The van der Waals surface area contributed by atoms with Crippen LogP contribution >= 0.6 is 0 Å². The summed E-state index contributed by atoms with van der Waals surface area (Å²) in [5.41, 5.74) is 2.28. The van der Waals surface area contributed by atoms with Crippen molar-refractivity contribution in [2.75, 3.05) is 6.61 Å². The van der Waals surface area contributed by atoms with Crippen molar-refractivity contribution in [3.8, 4) is 0 Å². The molecule has 1 atom stereocenters. The van der Waals surface area contributed by atoms with Crippen LogP contribution in [0.15, 0.2) is 48.8 Å². The highest BCUT2D eigenvalue weighted by atomic mass is 16.5. The van der Waals surface area contributed by atoms with E-state index < -0.39 is 5.97 Å². The molecule has 7 heteroatoms. The zero-order valence-electron chi connectivity index (χ0n) is 15.0. The van der Waals surface area contributed by atoms with Crippen LogP contribution in [-0.2, 0) is 9.53 Å². The minimum absolute atomic E-state index is 0.0437. The maximum Gasteiger partial charge on any atom is 0.344 e. The zero-order chi connectivity index (χ0) is 18.8. The molecule has 0 radical (unpaired) electrons. The fourth-order valence-corrected chi connectivity index (χ4v) is 3.22. The standard InChI is InChI=1S/C20H20N4O3/c1-13-17(19-21-10-5-11-24(19)23-13)20(26)27-12-16(25)22-18(15-8-9-15)14-6-3-2-4-7-14/h2-7,10-11,15,18H,8-9,12H2,1H3,(H,22,25). The van der Waals surface area contributed by atoms with E-state index in [4.69, 9.17) is 4.74 Å². The molecule has 0 spiro atoms. The number of ether oxygens (including phenoxy) is 1. The Morgan fingerprint density at radius 3 is 2.78 bits per heavy atom. The molecule has 7 nitrogen and oxygen atoms in total. The number of carbonyl (C=O) groups is 2. The SMILES string of the molecule is Cc1nn2cccnc2c1C(=O)OCC(=O)NC(c1ccccc1)C1CC1. The van der Waals surface area contributed by atoms with Gasteiger partial charge in [-0.25, -0.2) is 14.3 Å². The van der Waals surface area contributed by atoms with Gasteiger partial charge in [-0.2, -0.15) is 5.10 Å². The van der Waals surface area contributed by atoms with Gasteiger partial charge in [0.05, 0.1) is 11.7 Å². The lowest BCUT2D eigenvalue weighted by Crippen LogP contribution is -2.33. The number of aryl methyl sites for hydroxylation is 1. The van der Waals surface area contributed by atoms with E-state index in [-0.39, 0.29) is 24.1 Å². The van der Waals surface area contributed by atoms with Gasteiger partial charge >= 0.3 is 5.97 Å². The van der Waals surface area contributed by atoms with E-state index in [9.17, 15) is 9.59 Å². The molecule has 0 aliphatic heterocycles. The normalized spacial score (nSPS) is 14.7. The first kappa shape index (κ1) is 17.2. The second-order valence-corrected chi connectivity index (χ2v) is 6.72. The van der Waals surface area contributed by atoms with Gasteiger partial charge in [0, 0.05) is 12.4 Å². The van der Waals surface area contributed by atoms with Crippen molar-refractivity contribution in [3.05, 3.63) is 65.6 Å². The highest BCUT2D eigenvalue weighted by molar-refractivity contribution is 5.98. The van der Waals surface area contributed by atoms with Gasteiger partial charge in [-0.15, -0.1) is 0 Å². The summed E-state index contributed by atoms with van der Waals surface area (Å²) in [7, 11) is 0. The van der Waals surface area contributed by atoms with E-state index in [0.29, 0.717) is 17.3 Å². The Bertz CT molecular complexity index is 979. The number of hydrogen-bond acceptors (Lipinski definition) is 5. The monoisotopic (exact) mass is 364 g/mol. The summed E-state index contributed by atoms with van der Waals surface area (Å²) in [5, 5.41) is 7.23. The maximum absolute atomic E-state index is 12.5. The molecule has 1 unspecified atom stereocenters. The van der Waals surface area contributed by atoms with Gasteiger partial charge in [0.2, 0.25) is 0 Å². The predicted molar refractivity (Wildman–Crippen MR) is 98.1 cm³/mol. The third-order valence-electron chi connectivity index (χ3n) is 4.68. The van der Waals surface area contributed by atoms with Crippen molar-refractivity contribution >= 4 is 17.5 Å². The van der Waals surface area contributed by atoms with Crippen molar-refractivity contribution in [2.45, 2.75) is 25.8 Å². The largest absolute Gasteiger partial charge is 0.452 e. The second kappa shape index (κ2) is 7.19. The third kappa shape index (κ3) is 3.67. The van der Waals surface area contributed by atoms with E-state index in [1.165, 1.54) is 4.52 Å². The first-order valence-electron chi connectivity index (χ1n) is 8.95. The molecule has 1 N–H and O–H groups in total. The van der Waals surface area contributed by atoms with Crippen molar-refractivity contribution in [1.29, 1.82) is 0 Å². The van der Waals surface area contributed by atoms with Gasteiger partial charge in [0.25, 0.3) is 5.91 Å². The molecule has 0 bridgehead atoms. The number of nitrogens with zero attached hydrogens (tertiary/aromatic N) is 3. The topological polar surface area (TPSA) is 85.6 Å². The second-order valence-electron chi connectivity index (χ2n) is 6.72. The van der Waals surface area contributed by atoms with Gasteiger partial charge in [0.1, 0.15) is 5.56 Å². The van der Waals surface area contributed by atoms with Gasteiger partial charge < -0.3 is 10.1 Å². The Morgan fingerprint density at radius 2 is 2.04 bits per heavy atom. The van der Waals surface area contributed by atoms with Crippen LogP contribution in [-0.4, -0.2) is 33.1 Å². The van der Waals surface area contributed by atoms with Crippen molar-refractivity contribution in [2.24, 2.45) is 5.92 Å². The summed E-state index contributed by atoms with van der Waals surface area (Å²) in [6.07, 6.45) is 5.47. The molecular weight excluding hydrogens is 344 g/mol. The van der Waals surface area contributed by atoms with E-state index >= 15 is 0 Å². The molecule has 0 saturated heterocycles. The number of hydrogen-bond donors (Lipinski definition) is 1. The Balaban J connectivity index is 1.41. The first-order chi connectivity index (χ1) is 13.1. The lowest BCUT2D eigenvalue weighted by molar-refractivity contribution is -0.125. The molecule has 4 rings (SSSR count). The molecule has 1 saturated carbocycles. The van der Waals surface area contributed by atoms with Crippen molar-refractivity contribution in [3.63, 3.8) is 0 Å². The molecule has 1 fully saturated rings. The van der Waals surface area contributed by atoms with Crippen molar-refractivity contribution < 1.29 is 14.3 Å². The van der Waals surface area contributed by atoms with E-state index in [1.54, 1.807) is 25.4 Å². The smallest absolute Gasteiger partial charge is 0.344 e. The van der Waals surface area contributed by atoms with E-state index in [0.717, 1.165) is 18.4 Å². The lowest BCUT2D eigenvalue weighted by Gasteiger charge is -2.18. The average molecular weight is 364 g/mol. The third-order valence-corrected chi connectivity index (χ3v) is 4.68. The van der Waals surface area contributed by atoms with Crippen LogP contribution in [0.1, 0.15) is 40.5 Å². The van der Waals surface area contributed by atoms with Gasteiger partial charge in [0.15, 0.2) is 12.3 Å². The highest BCUT2D eigenvalue weighted by Crippen LogP contribution is 2.40. The maximum atomic E-state index is 12.5. The molecular formula is C20H20N4O3. The molecule has 138 valence electrons. The Hall–Kier alpha value is -3.22. The highest BCUT2D eigenvalue weighted by Gasteiger charge is 2.33. The molecule has 1 aromatic carbocycles. The van der Waals surface area contributed by atoms with E-state index in [2.05, 4.69) is 15.4 Å². The Morgan fingerprint density at radius 1 is 1.26 bits per heavy atom. The fraction of sp³-hybridized carbons (Fsp3) is 0.300. The summed E-state index contributed by atoms with van der Waals surface area (Å²) in [6.45, 7) is 1.38. The molecule has 27 heavy (non-hydrogen) atoms. The summed E-state index contributed by atoms with van der Waals surface area (Å²) in [4.78, 5) is 29.0. The number of fused-ring (bicyclic) bond motifs is 1. The van der Waals surface area contributed by atoms with Gasteiger partial charge in [-0.1, -0.05) is 30.3 Å². The fourth-order valence-electron chi connectivity index (χ4n) is 3.22. The first-order valence-corrected chi connectivity index (χ1v) is 8.95. The molecule has 3 aromatic rings. The lowest BCUT2D eigenvalue weighted by atomic mass is 10.0. The zero-order valence-corrected chi connectivity index (χ0v) is 15.0. The summed E-state index contributed by atoms with van der Waals surface area (Å²) < 4.78 is 6.75. The van der Waals surface area contributed by atoms with Crippen LogP contribution in [0.4, 0.5) is 0 Å². The van der Waals surface area contributed by atoms with Crippen LogP contribution in [0.25, 0.3) is 5.65 Å². The van der Waals surface area contributed by atoms with Crippen LogP contribution < -0.4 is 5.32 Å². The summed E-state index contributed by atoms with van der Waals surface area (Å²) >= 11 is 0. The van der Waals surface area contributed by atoms with Crippen LogP contribution in [0.3, 0.4) is 0 Å². The quantitative estimate of drug-likeness (QED) is 0.679. The van der Waals surface area contributed by atoms with Gasteiger partial charge in [-0.05, 0) is 37.3 Å². The molecule has 1 aliphatic rings. The Labute approximate surface area is 156 Å². The number of benzene rings is 1. The number of nitrogens with one attached hydrogen (secondary N) is 1. The number of aromatic nitrogens is 3. The van der Waals surface area contributed by atoms with E-state index in [1.807, 2.05) is 30.3 Å². The number of amides is 1. The van der Waals surface area contributed by atoms with Crippen molar-refractivity contribution in [1.82, 2.24) is 19.9 Å². The average Bonchev–Trinajstić information content (AvgIpc) is 3.46. The molecule has 1 amide bonds. The van der Waals surface area contributed by atoms with Crippen LogP contribution in [0, 0.1) is 12.8 Å². The summed E-state index contributed by atoms with van der Waals surface area (Å²) in [6, 6.07) is 11.5. The molecule has 2 aromatic heterocycles. The minimum Gasteiger partial charge on any atom is -0.452 e. The number of carbonyl (C=O) groups excluding carboxylic acids is 2. The number of esters is 1. The van der Waals surface area contributed by atoms with Crippen LogP contribution in [0.2, 0.25) is 0 Å². The summed E-state index contributed by atoms with van der Waals surface area (Å²) in [5.74, 6) is -0.469. The van der Waals surface area contributed by atoms with Crippen LogP contribution in [0.5, 0.6) is 0 Å². The molecule has 2 heterocycles. The Kier molecular flexibility index (Phi) is 4.58. The number of rotatable bonds is 6.